The normalized spacial score (nSPS) is 12.6. The van der Waals surface area contributed by atoms with Gasteiger partial charge in [-0.3, -0.25) is 0 Å². The van der Waals surface area contributed by atoms with Gasteiger partial charge in [-0.15, -0.1) is 11.3 Å². The van der Waals surface area contributed by atoms with Gasteiger partial charge in [-0.1, -0.05) is 30.1 Å². The maximum atomic E-state index is 13.3. The maximum absolute atomic E-state index is 13.3. The first-order chi connectivity index (χ1) is 9.99. The lowest BCUT2D eigenvalue weighted by Crippen LogP contribution is -2.24. The third-order valence-electron chi connectivity index (χ3n) is 3.06. The molecule has 21 heavy (non-hydrogen) atoms. The Hall–Kier alpha value is -0.680. The summed E-state index contributed by atoms with van der Waals surface area (Å²) in [6.45, 7) is 2.83. The van der Waals surface area contributed by atoms with E-state index >= 15 is 0 Å². The molecule has 2 aromatic rings. The van der Waals surface area contributed by atoms with E-state index in [4.69, 9.17) is 23.2 Å². The first-order valence-corrected chi connectivity index (χ1v) is 8.20. The van der Waals surface area contributed by atoms with E-state index in [1.54, 1.807) is 6.07 Å². The van der Waals surface area contributed by atoms with Gasteiger partial charge < -0.3 is 5.32 Å². The quantitative estimate of drug-likeness (QED) is 0.713. The van der Waals surface area contributed by atoms with Crippen LogP contribution in [0.3, 0.4) is 0 Å². The van der Waals surface area contributed by atoms with Crippen molar-refractivity contribution in [3.63, 3.8) is 0 Å². The van der Waals surface area contributed by atoms with Crippen molar-refractivity contribution in [2.45, 2.75) is 25.8 Å². The lowest BCUT2D eigenvalue weighted by Gasteiger charge is -2.18. The van der Waals surface area contributed by atoms with Gasteiger partial charge in [0.15, 0.2) is 0 Å². The van der Waals surface area contributed by atoms with E-state index in [-0.39, 0.29) is 6.04 Å². The van der Waals surface area contributed by atoms with Crippen molar-refractivity contribution in [2.75, 3.05) is 6.54 Å². The van der Waals surface area contributed by atoms with Crippen LogP contribution in [-0.4, -0.2) is 6.54 Å². The van der Waals surface area contributed by atoms with E-state index in [9.17, 15) is 8.78 Å². The predicted molar refractivity (Wildman–Crippen MR) is 85.4 cm³/mol. The zero-order chi connectivity index (χ0) is 15.4. The zero-order valence-electron chi connectivity index (χ0n) is 11.4. The Labute approximate surface area is 136 Å². The zero-order valence-corrected chi connectivity index (χ0v) is 13.8. The van der Waals surface area contributed by atoms with Gasteiger partial charge in [-0.2, -0.15) is 0 Å². The van der Waals surface area contributed by atoms with Crippen molar-refractivity contribution < 1.29 is 8.78 Å². The predicted octanol–water partition coefficient (Wildman–Crippen LogP) is 5.62. The fraction of sp³-hybridized carbons (Fsp3) is 0.333. The molecule has 1 nitrogen and oxygen atoms in total. The van der Waals surface area contributed by atoms with Crippen LogP contribution in [-0.2, 0) is 6.42 Å². The van der Waals surface area contributed by atoms with Crippen molar-refractivity contribution in [3.05, 3.63) is 55.7 Å². The molecule has 0 bridgehead atoms. The van der Waals surface area contributed by atoms with Crippen molar-refractivity contribution in [1.82, 2.24) is 5.32 Å². The van der Waals surface area contributed by atoms with Crippen molar-refractivity contribution in [3.8, 4) is 0 Å². The minimum absolute atomic E-state index is 0.123. The third kappa shape index (κ3) is 4.65. The number of benzene rings is 1. The van der Waals surface area contributed by atoms with Crippen LogP contribution in [0, 0.1) is 11.6 Å². The minimum Gasteiger partial charge on any atom is -0.310 e. The Morgan fingerprint density at radius 1 is 1.14 bits per heavy atom. The largest absolute Gasteiger partial charge is 0.310 e. The number of halogens is 4. The van der Waals surface area contributed by atoms with Crippen LogP contribution >= 0.6 is 34.5 Å². The first kappa shape index (κ1) is 16.7. The molecule has 0 fully saturated rings. The molecule has 0 saturated carbocycles. The highest BCUT2D eigenvalue weighted by molar-refractivity contribution is 7.20. The molecule has 0 aliphatic rings. The van der Waals surface area contributed by atoms with E-state index in [1.165, 1.54) is 23.5 Å². The molecule has 1 unspecified atom stereocenters. The Morgan fingerprint density at radius 2 is 1.81 bits per heavy atom. The number of hydrogen-bond acceptors (Lipinski definition) is 2. The highest BCUT2D eigenvalue weighted by atomic mass is 35.5. The molecule has 6 heteroatoms. The van der Waals surface area contributed by atoms with E-state index in [0.717, 1.165) is 24.6 Å². The van der Waals surface area contributed by atoms with Crippen LogP contribution in [0.1, 0.15) is 30.5 Å². The Kier molecular flexibility index (Phi) is 5.99. The van der Waals surface area contributed by atoms with Gasteiger partial charge in [0.2, 0.25) is 0 Å². The van der Waals surface area contributed by atoms with E-state index in [0.29, 0.717) is 20.7 Å². The summed E-state index contributed by atoms with van der Waals surface area (Å²) in [5.41, 5.74) is 1.45. The van der Waals surface area contributed by atoms with Gasteiger partial charge in [-0.25, -0.2) is 8.78 Å². The SMILES string of the molecule is CCCNC(Cc1cc(F)cc(F)c1)c1cc(Cl)sc1Cl. The summed E-state index contributed by atoms with van der Waals surface area (Å²) in [6.07, 6.45) is 1.39. The molecule has 0 aliphatic carbocycles. The van der Waals surface area contributed by atoms with Gasteiger partial charge in [0, 0.05) is 17.7 Å². The average molecular weight is 350 g/mol. The summed E-state index contributed by atoms with van der Waals surface area (Å²) in [5.74, 6) is -1.15. The van der Waals surface area contributed by atoms with E-state index < -0.39 is 11.6 Å². The summed E-state index contributed by atoms with van der Waals surface area (Å²) in [4.78, 5) is 0. The lowest BCUT2D eigenvalue weighted by atomic mass is 10.0. The average Bonchev–Trinajstić information content (AvgIpc) is 2.72. The van der Waals surface area contributed by atoms with E-state index in [1.807, 2.05) is 6.92 Å². The molecule has 1 aromatic heterocycles. The number of hydrogen-bond donors (Lipinski definition) is 1. The molecule has 0 aliphatic heterocycles. The van der Waals surface area contributed by atoms with Gasteiger partial charge in [-0.05, 0) is 43.1 Å². The molecule has 114 valence electrons. The van der Waals surface area contributed by atoms with Crippen LogP contribution in [0.25, 0.3) is 0 Å². The van der Waals surface area contributed by atoms with Gasteiger partial charge >= 0.3 is 0 Å². The number of thiophene rings is 1. The summed E-state index contributed by atoms with van der Waals surface area (Å²) >= 11 is 13.5. The van der Waals surface area contributed by atoms with Crippen LogP contribution in [0.4, 0.5) is 8.78 Å². The maximum Gasteiger partial charge on any atom is 0.126 e. The van der Waals surface area contributed by atoms with Gasteiger partial charge in [0.05, 0.1) is 8.67 Å². The van der Waals surface area contributed by atoms with Gasteiger partial charge in [0.1, 0.15) is 11.6 Å². The topological polar surface area (TPSA) is 12.0 Å². The highest BCUT2D eigenvalue weighted by Gasteiger charge is 2.18. The van der Waals surface area contributed by atoms with E-state index in [2.05, 4.69) is 5.32 Å². The van der Waals surface area contributed by atoms with Crippen LogP contribution in [0.2, 0.25) is 8.67 Å². The second-order valence-corrected chi connectivity index (χ2v) is 7.05. The second kappa shape index (κ2) is 7.54. The molecule has 0 spiro atoms. The third-order valence-corrected chi connectivity index (χ3v) is 4.58. The van der Waals surface area contributed by atoms with Crippen LogP contribution in [0.15, 0.2) is 24.3 Å². The lowest BCUT2D eigenvalue weighted by molar-refractivity contribution is 0.524. The summed E-state index contributed by atoms with van der Waals surface area (Å²) in [6, 6.07) is 5.23. The molecule has 1 atom stereocenters. The molecule has 0 radical (unpaired) electrons. The number of rotatable bonds is 6. The smallest absolute Gasteiger partial charge is 0.126 e. The molecular weight excluding hydrogens is 335 g/mol. The summed E-state index contributed by atoms with van der Waals surface area (Å²) < 4.78 is 27.8. The van der Waals surface area contributed by atoms with Crippen molar-refractivity contribution in [1.29, 1.82) is 0 Å². The Bertz CT molecular complexity index is 595. The molecule has 1 N–H and O–H groups in total. The fourth-order valence-electron chi connectivity index (χ4n) is 2.17. The van der Waals surface area contributed by atoms with Crippen LogP contribution < -0.4 is 5.32 Å². The van der Waals surface area contributed by atoms with Crippen molar-refractivity contribution >= 4 is 34.5 Å². The molecule has 2 rings (SSSR count). The van der Waals surface area contributed by atoms with Gasteiger partial charge in [0.25, 0.3) is 0 Å². The first-order valence-electron chi connectivity index (χ1n) is 6.62. The summed E-state index contributed by atoms with van der Waals surface area (Å²) in [5, 5.41) is 3.35. The monoisotopic (exact) mass is 349 g/mol. The Balaban J connectivity index is 2.25. The number of nitrogens with one attached hydrogen (secondary N) is 1. The van der Waals surface area contributed by atoms with Crippen molar-refractivity contribution in [2.24, 2.45) is 0 Å². The van der Waals surface area contributed by atoms with Crippen LogP contribution in [0.5, 0.6) is 0 Å². The Morgan fingerprint density at radius 3 is 2.33 bits per heavy atom. The second-order valence-electron chi connectivity index (χ2n) is 4.77. The molecule has 0 amide bonds. The molecule has 0 saturated heterocycles. The standard InChI is InChI=1S/C15H15Cl2F2NS/c1-2-3-20-13(12-8-14(16)21-15(12)17)6-9-4-10(18)7-11(19)5-9/h4-5,7-8,13,20H,2-3,6H2,1H3. The molecule has 1 aromatic carbocycles. The molecule has 1 heterocycles. The minimum atomic E-state index is -0.575. The molecular formula is C15H15Cl2F2NS. The highest BCUT2D eigenvalue weighted by Crippen LogP contribution is 2.36. The summed E-state index contributed by atoms with van der Waals surface area (Å²) in [7, 11) is 0. The fourth-order valence-corrected chi connectivity index (χ4v) is 3.74.